The van der Waals surface area contributed by atoms with Crippen LogP contribution >= 0.6 is 45.8 Å². The van der Waals surface area contributed by atoms with E-state index in [9.17, 15) is 4.79 Å². The van der Waals surface area contributed by atoms with Crippen molar-refractivity contribution in [3.63, 3.8) is 0 Å². The molecule has 0 unspecified atom stereocenters. The Morgan fingerprint density at radius 3 is 2.73 bits per heavy atom. The lowest BCUT2D eigenvalue weighted by atomic mass is 10.5. The minimum atomic E-state index is -0.325. The van der Waals surface area contributed by atoms with Crippen molar-refractivity contribution in [2.45, 2.75) is 0 Å². The first kappa shape index (κ1) is 10.9. The number of halogens is 3. The summed E-state index contributed by atoms with van der Waals surface area (Å²) in [7, 11) is 0. The van der Waals surface area contributed by atoms with Crippen LogP contribution in [-0.4, -0.2) is 20.0 Å². The molecule has 1 N–H and O–H groups in total. The number of nitrogens with zero attached hydrogens (tertiary/aromatic N) is 3. The van der Waals surface area contributed by atoms with Gasteiger partial charge >= 0.3 is 0 Å². The third kappa shape index (κ3) is 2.16. The van der Waals surface area contributed by atoms with Gasteiger partial charge in [0.1, 0.15) is 8.85 Å². The van der Waals surface area contributed by atoms with Crippen LogP contribution in [0.3, 0.4) is 0 Å². The molecule has 0 saturated carbocycles. The Hall–Kier alpha value is -0.600. The van der Waals surface area contributed by atoms with Gasteiger partial charge < -0.3 is 0 Å². The van der Waals surface area contributed by atoms with Crippen molar-refractivity contribution in [1.82, 2.24) is 20.0 Å². The van der Waals surface area contributed by atoms with E-state index < -0.39 is 0 Å². The standard InChI is InChI=1S/C7H3Cl2IN4O/c8-3-2-14(13-6(3)10)7-4(15)1-5(9)11-12-7/h1-2H,(H,11,15). The second-order valence-corrected chi connectivity index (χ2v) is 4.45. The van der Waals surface area contributed by atoms with Gasteiger partial charge in [0.2, 0.25) is 11.2 Å². The maximum atomic E-state index is 11.5. The van der Waals surface area contributed by atoms with Crippen LogP contribution in [0.25, 0.3) is 5.82 Å². The van der Waals surface area contributed by atoms with Crippen LogP contribution in [0.1, 0.15) is 0 Å². The summed E-state index contributed by atoms with van der Waals surface area (Å²) in [6.07, 6.45) is 1.51. The van der Waals surface area contributed by atoms with Crippen LogP contribution in [0, 0.1) is 3.70 Å². The molecule has 0 spiro atoms. The summed E-state index contributed by atoms with van der Waals surface area (Å²) in [5.41, 5.74) is -0.325. The molecule has 8 heteroatoms. The molecule has 78 valence electrons. The van der Waals surface area contributed by atoms with Crippen molar-refractivity contribution in [2.24, 2.45) is 0 Å². The number of rotatable bonds is 1. The van der Waals surface area contributed by atoms with E-state index >= 15 is 0 Å². The summed E-state index contributed by atoms with van der Waals surface area (Å²) in [5.74, 6) is 0.129. The molecule has 2 heterocycles. The molecule has 0 aliphatic heterocycles. The molecule has 0 radical (unpaired) electrons. The molecular weight excluding hydrogens is 354 g/mol. The second-order valence-electron chi connectivity index (χ2n) is 2.62. The second kappa shape index (κ2) is 4.11. The fourth-order valence-corrected chi connectivity index (χ4v) is 1.62. The Labute approximate surface area is 108 Å². The molecule has 0 aromatic carbocycles. The van der Waals surface area contributed by atoms with E-state index in [1.807, 2.05) is 22.6 Å². The third-order valence-corrected chi connectivity index (χ3v) is 3.18. The molecule has 2 aromatic heterocycles. The zero-order chi connectivity index (χ0) is 11.0. The zero-order valence-corrected chi connectivity index (χ0v) is 10.7. The number of aromatic amines is 1. The largest absolute Gasteiger partial charge is 0.286 e. The van der Waals surface area contributed by atoms with Crippen LogP contribution in [0.2, 0.25) is 10.2 Å². The van der Waals surface area contributed by atoms with E-state index in [0.29, 0.717) is 8.72 Å². The molecule has 0 bridgehead atoms. The maximum absolute atomic E-state index is 11.5. The molecule has 0 aliphatic rings. The lowest BCUT2D eigenvalue weighted by Gasteiger charge is -1.97. The third-order valence-electron chi connectivity index (χ3n) is 1.59. The Bertz CT molecular complexity index is 545. The summed E-state index contributed by atoms with van der Waals surface area (Å²) in [4.78, 5) is 11.5. The summed E-state index contributed by atoms with van der Waals surface area (Å²) in [6, 6.07) is 1.23. The minimum absolute atomic E-state index is 0.129. The number of H-pyrrole nitrogens is 1. The van der Waals surface area contributed by atoms with Crippen LogP contribution in [0.5, 0.6) is 0 Å². The minimum Gasteiger partial charge on any atom is -0.286 e. The van der Waals surface area contributed by atoms with Gasteiger partial charge in [-0.05, 0) is 22.6 Å². The van der Waals surface area contributed by atoms with Gasteiger partial charge in [-0.25, -0.2) is 4.68 Å². The van der Waals surface area contributed by atoms with Crippen LogP contribution in [0.4, 0.5) is 0 Å². The Morgan fingerprint density at radius 1 is 1.47 bits per heavy atom. The maximum Gasteiger partial charge on any atom is 0.227 e. The van der Waals surface area contributed by atoms with Gasteiger partial charge in [-0.2, -0.15) is 10.2 Å². The van der Waals surface area contributed by atoms with Crippen molar-refractivity contribution in [3.8, 4) is 5.82 Å². The van der Waals surface area contributed by atoms with Crippen molar-refractivity contribution in [2.75, 3.05) is 0 Å². The van der Waals surface area contributed by atoms with Crippen molar-refractivity contribution in [1.29, 1.82) is 0 Å². The van der Waals surface area contributed by atoms with Gasteiger partial charge in [-0.3, -0.25) is 9.89 Å². The number of hydrogen-bond donors (Lipinski definition) is 1. The first-order valence-corrected chi connectivity index (χ1v) is 5.57. The fraction of sp³-hybridized carbons (Fsp3) is 0. The van der Waals surface area contributed by atoms with Gasteiger partial charge in [-0.15, -0.1) is 0 Å². The Kier molecular flexibility index (Phi) is 2.98. The van der Waals surface area contributed by atoms with Gasteiger partial charge in [0.05, 0.1) is 11.2 Å². The topological polar surface area (TPSA) is 63.6 Å². The number of nitrogens with one attached hydrogen (secondary N) is 1. The number of aromatic nitrogens is 4. The van der Waals surface area contributed by atoms with Crippen LogP contribution < -0.4 is 5.43 Å². The molecule has 0 saturated heterocycles. The van der Waals surface area contributed by atoms with Gasteiger partial charge in [0.15, 0.2) is 0 Å². The SMILES string of the molecule is O=c1cc(Cl)[nH]nc1-n1cc(Cl)c(I)n1. The van der Waals surface area contributed by atoms with Crippen molar-refractivity contribution >= 4 is 45.8 Å². The van der Waals surface area contributed by atoms with E-state index in [1.54, 1.807) is 0 Å². The lowest BCUT2D eigenvalue weighted by molar-refractivity contribution is 0.798. The first-order valence-electron chi connectivity index (χ1n) is 3.74. The number of hydrogen-bond acceptors (Lipinski definition) is 3. The van der Waals surface area contributed by atoms with Gasteiger partial charge in [-0.1, -0.05) is 23.2 Å². The highest BCUT2D eigenvalue weighted by molar-refractivity contribution is 14.1. The average Bonchev–Trinajstić information content (AvgIpc) is 2.46. The summed E-state index contributed by atoms with van der Waals surface area (Å²) >= 11 is 13.3. The predicted molar refractivity (Wildman–Crippen MR) is 64.7 cm³/mol. The van der Waals surface area contributed by atoms with Gasteiger partial charge in [0.25, 0.3) is 0 Å². The van der Waals surface area contributed by atoms with E-state index in [1.165, 1.54) is 16.9 Å². The smallest absolute Gasteiger partial charge is 0.227 e. The predicted octanol–water partition coefficient (Wildman–Crippen LogP) is 1.87. The van der Waals surface area contributed by atoms with Crippen LogP contribution in [0.15, 0.2) is 17.1 Å². The van der Waals surface area contributed by atoms with E-state index in [-0.39, 0.29) is 16.4 Å². The molecule has 2 rings (SSSR count). The fourth-order valence-electron chi connectivity index (χ4n) is 0.978. The lowest BCUT2D eigenvalue weighted by Crippen LogP contribution is -2.14. The zero-order valence-electron chi connectivity index (χ0n) is 7.04. The van der Waals surface area contributed by atoms with E-state index in [4.69, 9.17) is 23.2 Å². The molecule has 0 amide bonds. The van der Waals surface area contributed by atoms with Crippen LogP contribution in [-0.2, 0) is 0 Å². The monoisotopic (exact) mass is 356 g/mol. The highest BCUT2D eigenvalue weighted by Crippen LogP contribution is 2.16. The molecular formula is C7H3Cl2IN4O. The first-order chi connectivity index (χ1) is 7.08. The molecule has 0 aliphatic carbocycles. The summed E-state index contributed by atoms with van der Waals surface area (Å²) in [6.45, 7) is 0. The average molecular weight is 357 g/mol. The summed E-state index contributed by atoms with van der Waals surface area (Å²) < 4.78 is 1.91. The van der Waals surface area contributed by atoms with E-state index in [2.05, 4.69) is 15.3 Å². The Morgan fingerprint density at radius 2 is 2.20 bits per heavy atom. The summed E-state index contributed by atoms with van der Waals surface area (Å²) in [5, 5.41) is 10.9. The highest BCUT2D eigenvalue weighted by atomic mass is 127. The molecule has 0 fully saturated rings. The molecule has 15 heavy (non-hydrogen) atoms. The quantitative estimate of drug-likeness (QED) is 0.793. The van der Waals surface area contributed by atoms with Crippen molar-refractivity contribution in [3.05, 3.63) is 36.4 Å². The normalized spacial score (nSPS) is 10.6. The van der Waals surface area contributed by atoms with Gasteiger partial charge in [0, 0.05) is 6.07 Å². The molecule has 2 aromatic rings. The molecule has 0 atom stereocenters. The van der Waals surface area contributed by atoms with E-state index in [0.717, 1.165) is 0 Å². The molecule has 5 nitrogen and oxygen atoms in total. The highest BCUT2D eigenvalue weighted by Gasteiger charge is 2.09. The van der Waals surface area contributed by atoms with Crippen molar-refractivity contribution < 1.29 is 0 Å². The Balaban J connectivity index is 2.59.